The molecule has 0 atom stereocenters. The lowest BCUT2D eigenvalue weighted by Gasteiger charge is -2.01. The number of anilines is 1. The molecule has 0 radical (unpaired) electrons. The van der Waals surface area contributed by atoms with Gasteiger partial charge in [0, 0.05) is 6.42 Å². The van der Waals surface area contributed by atoms with Crippen molar-refractivity contribution < 1.29 is 4.42 Å². The van der Waals surface area contributed by atoms with Crippen LogP contribution in [0.3, 0.4) is 0 Å². The van der Waals surface area contributed by atoms with Crippen molar-refractivity contribution in [1.29, 1.82) is 0 Å². The summed E-state index contributed by atoms with van der Waals surface area (Å²) in [6.45, 7) is 2.35. The van der Waals surface area contributed by atoms with Crippen LogP contribution in [0.15, 0.2) is 10.6 Å². The van der Waals surface area contributed by atoms with Crippen LogP contribution in [-0.4, -0.2) is 19.9 Å². The quantitative estimate of drug-likeness (QED) is 0.922. The van der Waals surface area contributed by atoms with Gasteiger partial charge in [-0.15, -0.1) is 0 Å². The fraction of sp³-hybridized carbons (Fsp3) is 0.333. The molecule has 17 heavy (non-hydrogen) atoms. The van der Waals surface area contributed by atoms with E-state index in [4.69, 9.17) is 27.6 Å². The van der Waals surface area contributed by atoms with Crippen LogP contribution >= 0.6 is 23.2 Å². The zero-order valence-electron chi connectivity index (χ0n) is 8.94. The molecular weight excluding hydrogens is 265 g/mol. The molecule has 0 amide bonds. The molecule has 90 valence electrons. The van der Waals surface area contributed by atoms with Gasteiger partial charge >= 0.3 is 0 Å². The molecule has 0 saturated heterocycles. The van der Waals surface area contributed by atoms with Crippen molar-refractivity contribution in [2.75, 3.05) is 5.32 Å². The van der Waals surface area contributed by atoms with E-state index in [2.05, 4.69) is 25.3 Å². The predicted molar refractivity (Wildman–Crippen MR) is 63.1 cm³/mol. The molecule has 0 unspecified atom stereocenters. The van der Waals surface area contributed by atoms with Crippen molar-refractivity contribution in [2.24, 2.45) is 0 Å². The number of aromatic nitrogens is 4. The summed E-state index contributed by atoms with van der Waals surface area (Å²) >= 11 is 11.3. The lowest BCUT2D eigenvalue weighted by Crippen LogP contribution is -2.05. The van der Waals surface area contributed by atoms with Gasteiger partial charge in [0.25, 0.3) is 0 Å². The van der Waals surface area contributed by atoms with Gasteiger partial charge in [0.2, 0.25) is 22.4 Å². The van der Waals surface area contributed by atoms with E-state index < -0.39 is 0 Å². The predicted octanol–water partition coefficient (Wildman–Crippen LogP) is 2.34. The maximum atomic E-state index is 5.63. The van der Waals surface area contributed by atoms with Crippen LogP contribution in [0.25, 0.3) is 0 Å². The van der Waals surface area contributed by atoms with E-state index in [0.717, 1.165) is 12.2 Å². The highest BCUT2D eigenvalue weighted by Crippen LogP contribution is 2.11. The third-order valence-electron chi connectivity index (χ3n) is 1.93. The zero-order valence-corrected chi connectivity index (χ0v) is 10.5. The Morgan fingerprint density at radius 2 is 1.94 bits per heavy atom. The molecule has 2 aromatic rings. The number of hydrogen-bond donors (Lipinski definition) is 1. The summed E-state index contributed by atoms with van der Waals surface area (Å²) in [5.41, 5.74) is 0. The van der Waals surface area contributed by atoms with Gasteiger partial charge in [0.1, 0.15) is 5.76 Å². The van der Waals surface area contributed by atoms with Crippen molar-refractivity contribution in [1.82, 2.24) is 19.9 Å². The molecule has 0 aliphatic rings. The molecule has 2 rings (SSSR count). The van der Waals surface area contributed by atoms with E-state index >= 15 is 0 Å². The second kappa shape index (κ2) is 5.29. The molecule has 0 aliphatic heterocycles. The Hall–Kier alpha value is -1.40. The standard InChI is InChI=1S/C9H9Cl2N5O/c1-2-5-3-12-6(17-5)4-13-9-15-7(10)14-8(11)16-9/h3H,2,4H2,1H3,(H,13,14,15,16). The van der Waals surface area contributed by atoms with Crippen LogP contribution in [0.1, 0.15) is 18.6 Å². The average molecular weight is 274 g/mol. The maximum absolute atomic E-state index is 5.63. The number of hydrogen-bond acceptors (Lipinski definition) is 6. The fourth-order valence-corrected chi connectivity index (χ4v) is 1.52. The number of halogens is 2. The van der Waals surface area contributed by atoms with Crippen LogP contribution in [0.4, 0.5) is 5.95 Å². The van der Waals surface area contributed by atoms with Gasteiger partial charge in [-0.2, -0.15) is 15.0 Å². The van der Waals surface area contributed by atoms with Crippen molar-refractivity contribution in [2.45, 2.75) is 19.9 Å². The number of nitrogens with one attached hydrogen (secondary N) is 1. The van der Waals surface area contributed by atoms with Crippen molar-refractivity contribution in [3.8, 4) is 0 Å². The Balaban J connectivity index is 2.01. The molecule has 0 saturated carbocycles. The Labute approximate surface area is 107 Å². The first kappa shape index (κ1) is 12.1. The summed E-state index contributed by atoms with van der Waals surface area (Å²) in [5, 5.41) is 2.97. The average Bonchev–Trinajstić information content (AvgIpc) is 2.73. The Bertz CT molecular complexity index is 496. The summed E-state index contributed by atoms with van der Waals surface area (Å²) in [5.74, 6) is 1.66. The number of nitrogens with zero attached hydrogens (tertiary/aromatic N) is 4. The van der Waals surface area contributed by atoms with Gasteiger partial charge in [0.15, 0.2) is 0 Å². The summed E-state index contributed by atoms with van der Waals surface area (Å²) in [7, 11) is 0. The molecule has 0 spiro atoms. The van der Waals surface area contributed by atoms with E-state index in [1.54, 1.807) is 6.20 Å². The van der Waals surface area contributed by atoms with Gasteiger partial charge in [-0.05, 0) is 23.2 Å². The zero-order chi connectivity index (χ0) is 12.3. The highest BCUT2D eigenvalue weighted by molar-refractivity contribution is 6.31. The third-order valence-corrected chi connectivity index (χ3v) is 2.27. The maximum Gasteiger partial charge on any atom is 0.228 e. The molecule has 0 aromatic carbocycles. The number of aryl methyl sites for hydroxylation is 1. The first-order valence-corrected chi connectivity index (χ1v) is 5.67. The lowest BCUT2D eigenvalue weighted by atomic mass is 10.4. The topological polar surface area (TPSA) is 76.7 Å². The smallest absolute Gasteiger partial charge is 0.228 e. The van der Waals surface area contributed by atoms with Crippen molar-refractivity contribution in [3.05, 3.63) is 28.4 Å². The first-order valence-electron chi connectivity index (χ1n) is 4.92. The lowest BCUT2D eigenvalue weighted by molar-refractivity contribution is 0.465. The minimum atomic E-state index is 0.0363. The van der Waals surface area contributed by atoms with E-state index in [0.29, 0.717) is 12.4 Å². The Morgan fingerprint density at radius 1 is 1.24 bits per heavy atom. The van der Waals surface area contributed by atoms with Gasteiger partial charge < -0.3 is 9.73 Å². The van der Waals surface area contributed by atoms with Crippen molar-refractivity contribution in [3.63, 3.8) is 0 Å². The van der Waals surface area contributed by atoms with Crippen LogP contribution in [0, 0.1) is 0 Å². The molecule has 2 heterocycles. The van der Waals surface area contributed by atoms with Gasteiger partial charge in [0.05, 0.1) is 12.7 Å². The molecular formula is C9H9Cl2N5O. The second-order valence-electron chi connectivity index (χ2n) is 3.12. The van der Waals surface area contributed by atoms with E-state index in [1.165, 1.54) is 0 Å². The van der Waals surface area contributed by atoms with Gasteiger partial charge in [-0.3, -0.25) is 0 Å². The number of oxazole rings is 1. The number of rotatable bonds is 4. The molecule has 0 bridgehead atoms. The molecule has 2 aromatic heterocycles. The van der Waals surface area contributed by atoms with Crippen LogP contribution in [0.5, 0.6) is 0 Å². The molecule has 6 nitrogen and oxygen atoms in total. The van der Waals surface area contributed by atoms with E-state index in [-0.39, 0.29) is 16.5 Å². The molecule has 0 aliphatic carbocycles. The molecule has 1 N–H and O–H groups in total. The highest BCUT2D eigenvalue weighted by Gasteiger charge is 2.05. The van der Waals surface area contributed by atoms with Crippen LogP contribution in [-0.2, 0) is 13.0 Å². The summed E-state index contributed by atoms with van der Waals surface area (Å²) in [4.78, 5) is 15.4. The first-order chi connectivity index (χ1) is 8.17. The minimum absolute atomic E-state index is 0.0363. The van der Waals surface area contributed by atoms with Gasteiger partial charge in [-0.25, -0.2) is 4.98 Å². The van der Waals surface area contributed by atoms with Crippen LogP contribution in [0.2, 0.25) is 10.6 Å². The minimum Gasteiger partial charge on any atom is -0.444 e. The Kier molecular flexibility index (Phi) is 3.75. The summed E-state index contributed by atoms with van der Waals surface area (Å²) in [6.07, 6.45) is 2.49. The Morgan fingerprint density at radius 3 is 2.53 bits per heavy atom. The SMILES string of the molecule is CCc1cnc(CNc2nc(Cl)nc(Cl)n2)o1. The molecule has 8 heteroatoms. The highest BCUT2D eigenvalue weighted by atomic mass is 35.5. The van der Waals surface area contributed by atoms with Crippen LogP contribution < -0.4 is 5.32 Å². The van der Waals surface area contributed by atoms with E-state index in [1.807, 2.05) is 6.92 Å². The summed E-state index contributed by atoms with van der Waals surface area (Å²) < 4.78 is 5.40. The third kappa shape index (κ3) is 3.28. The summed E-state index contributed by atoms with van der Waals surface area (Å²) in [6, 6.07) is 0. The normalized spacial score (nSPS) is 10.5. The van der Waals surface area contributed by atoms with Crippen molar-refractivity contribution >= 4 is 29.2 Å². The van der Waals surface area contributed by atoms with Gasteiger partial charge in [-0.1, -0.05) is 6.92 Å². The monoisotopic (exact) mass is 273 g/mol. The fourth-order valence-electron chi connectivity index (χ4n) is 1.15. The second-order valence-corrected chi connectivity index (χ2v) is 3.80. The molecule has 0 fully saturated rings. The largest absolute Gasteiger partial charge is 0.444 e. The van der Waals surface area contributed by atoms with E-state index in [9.17, 15) is 0 Å².